The summed E-state index contributed by atoms with van der Waals surface area (Å²) < 4.78 is 0. The van der Waals surface area contributed by atoms with E-state index < -0.39 is 0 Å². The summed E-state index contributed by atoms with van der Waals surface area (Å²) in [5, 5.41) is 3.12. The summed E-state index contributed by atoms with van der Waals surface area (Å²) >= 11 is 0. The first kappa shape index (κ1) is 11.7. The van der Waals surface area contributed by atoms with Gasteiger partial charge in [-0.15, -0.1) is 0 Å². The van der Waals surface area contributed by atoms with Crippen molar-refractivity contribution in [1.29, 1.82) is 0 Å². The van der Waals surface area contributed by atoms with Gasteiger partial charge >= 0.3 is 0 Å². The zero-order chi connectivity index (χ0) is 12.8. The van der Waals surface area contributed by atoms with Crippen LogP contribution in [0.2, 0.25) is 0 Å². The summed E-state index contributed by atoms with van der Waals surface area (Å²) in [5.74, 6) is 4.25. The summed E-state index contributed by atoms with van der Waals surface area (Å²) in [6.45, 7) is 0.938. The topological polar surface area (TPSA) is 29.1 Å². The van der Waals surface area contributed by atoms with Crippen LogP contribution in [-0.2, 0) is 4.79 Å². The molecule has 4 aliphatic rings. The summed E-state index contributed by atoms with van der Waals surface area (Å²) in [6, 6.07) is 0. The van der Waals surface area contributed by atoms with E-state index in [-0.39, 0.29) is 5.91 Å². The molecule has 1 N–H and O–H groups in total. The van der Waals surface area contributed by atoms with Crippen molar-refractivity contribution in [3.63, 3.8) is 0 Å². The highest BCUT2D eigenvalue weighted by Gasteiger charge is 2.45. The summed E-state index contributed by atoms with van der Waals surface area (Å²) in [4.78, 5) is 11.6. The molecule has 1 saturated heterocycles. The van der Waals surface area contributed by atoms with Crippen LogP contribution in [0.5, 0.6) is 0 Å². The minimum absolute atomic E-state index is 0.279. The number of amides is 1. The van der Waals surface area contributed by atoms with Gasteiger partial charge in [0.15, 0.2) is 0 Å². The maximum absolute atomic E-state index is 11.6. The zero-order valence-electron chi connectivity index (χ0n) is 11.5. The first-order valence-electron chi connectivity index (χ1n) is 7.98. The predicted octanol–water partition coefficient (Wildman–Crippen LogP) is 3.06. The van der Waals surface area contributed by atoms with Gasteiger partial charge < -0.3 is 5.32 Å². The number of hydrogen-bond acceptors (Lipinski definition) is 1. The van der Waals surface area contributed by atoms with Crippen molar-refractivity contribution in [3.05, 3.63) is 23.8 Å². The van der Waals surface area contributed by atoms with Gasteiger partial charge in [-0.05, 0) is 61.7 Å². The molecule has 3 fully saturated rings. The molecule has 0 radical (unpaired) electrons. The summed E-state index contributed by atoms with van der Waals surface area (Å²) in [7, 11) is 0. The minimum Gasteiger partial charge on any atom is -0.356 e. The largest absolute Gasteiger partial charge is 0.356 e. The van der Waals surface area contributed by atoms with Crippen LogP contribution in [0.15, 0.2) is 23.8 Å². The molecule has 0 aromatic carbocycles. The van der Waals surface area contributed by atoms with E-state index in [2.05, 4.69) is 23.5 Å². The summed E-state index contributed by atoms with van der Waals surface area (Å²) in [5.41, 5.74) is 1.72. The Morgan fingerprint density at radius 3 is 2.95 bits per heavy atom. The molecule has 4 rings (SSSR count). The molecule has 1 heterocycles. The lowest BCUT2D eigenvalue weighted by atomic mass is 9.57. The third-order valence-corrected chi connectivity index (χ3v) is 6.09. The van der Waals surface area contributed by atoms with Gasteiger partial charge in [0, 0.05) is 13.0 Å². The molecule has 19 heavy (non-hydrogen) atoms. The molecular formula is C17H23NO. The van der Waals surface area contributed by atoms with Gasteiger partial charge in [0.2, 0.25) is 5.91 Å². The molecule has 2 nitrogen and oxygen atoms in total. The Morgan fingerprint density at radius 1 is 1.05 bits per heavy atom. The highest BCUT2D eigenvalue weighted by Crippen LogP contribution is 2.53. The first-order chi connectivity index (χ1) is 9.33. The van der Waals surface area contributed by atoms with Gasteiger partial charge in [-0.25, -0.2) is 0 Å². The lowest BCUT2D eigenvalue weighted by molar-refractivity contribution is -0.120. The van der Waals surface area contributed by atoms with E-state index in [1.165, 1.54) is 25.7 Å². The van der Waals surface area contributed by atoms with Crippen molar-refractivity contribution in [2.75, 3.05) is 6.54 Å². The Labute approximate surface area is 115 Å². The molecule has 102 valence electrons. The number of carbonyl (C=O) groups is 1. The molecule has 1 aliphatic heterocycles. The van der Waals surface area contributed by atoms with Crippen LogP contribution in [0, 0.1) is 29.6 Å². The third kappa shape index (κ3) is 1.87. The van der Waals surface area contributed by atoms with E-state index >= 15 is 0 Å². The molecule has 0 aromatic rings. The third-order valence-electron chi connectivity index (χ3n) is 6.09. The lowest BCUT2D eigenvalue weighted by Crippen LogP contribution is -2.41. The molecule has 0 spiro atoms. The van der Waals surface area contributed by atoms with Gasteiger partial charge in [-0.1, -0.05) is 23.8 Å². The standard InChI is InChI=1S/C17H23NO/c19-17-9-8-14-12(10-18-17)5-7-15-13-3-1-2-11(13)4-6-16(14)15/h1-3,11-12,14-16H,4-10H2,(H,18,19). The van der Waals surface area contributed by atoms with E-state index in [0.717, 1.165) is 49.0 Å². The van der Waals surface area contributed by atoms with Crippen LogP contribution in [-0.4, -0.2) is 12.5 Å². The second kappa shape index (κ2) is 4.50. The average Bonchev–Trinajstić information content (AvgIpc) is 2.83. The fraction of sp³-hybridized carbons (Fsp3) is 0.706. The van der Waals surface area contributed by atoms with Gasteiger partial charge in [-0.2, -0.15) is 0 Å². The average molecular weight is 257 g/mol. The van der Waals surface area contributed by atoms with E-state index in [1.54, 1.807) is 5.57 Å². The lowest BCUT2D eigenvalue weighted by Gasteiger charge is -2.47. The number of allylic oxidation sites excluding steroid dienone is 4. The monoisotopic (exact) mass is 257 g/mol. The maximum Gasteiger partial charge on any atom is 0.220 e. The van der Waals surface area contributed by atoms with Gasteiger partial charge in [0.05, 0.1) is 0 Å². The van der Waals surface area contributed by atoms with Crippen molar-refractivity contribution in [1.82, 2.24) is 5.32 Å². The number of nitrogens with one attached hydrogen (secondary N) is 1. The van der Waals surface area contributed by atoms with Crippen molar-refractivity contribution in [2.24, 2.45) is 29.6 Å². The molecule has 1 amide bonds. The molecule has 0 aromatic heterocycles. The van der Waals surface area contributed by atoms with Crippen LogP contribution in [0.25, 0.3) is 0 Å². The van der Waals surface area contributed by atoms with E-state index in [1.807, 2.05) is 0 Å². The van der Waals surface area contributed by atoms with Gasteiger partial charge in [-0.3, -0.25) is 4.79 Å². The molecule has 5 atom stereocenters. The fourth-order valence-electron chi connectivity index (χ4n) is 5.20. The Hall–Kier alpha value is -1.05. The van der Waals surface area contributed by atoms with Crippen LogP contribution in [0.3, 0.4) is 0 Å². The molecule has 2 heteroatoms. The fourth-order valence-corrected chi connectivity index (χ4v) is 5.20. The normalized spacial score (nSPS) is 44.5. The van der Waals surface area contributed by atoms with Gasteiger partial charge in [0.25, 0.3) is 0 Å². The number of hydrogen-bond donors (Lipinski definition) is 1. The zero-order valence-corrected chi connectivity index (χ0v) is 11.5. The number of carbonyl (C=O) groups excluding carboxylic acids is 1. The second-order valence-corrected chi connectivity index (χ2v) is 6.85. The quantitative estimate of drug-likeness (QED) is 0.710. The molecule has 3 aliphatic carbocycles. The van der Waals surface area contributed by atoms with E-state index in [4.69, 9.17) is 0 Å². The number of fused-ring (bicyclic) bond motifs is 5. The van der Waals surface area contributed by atoms with Crippen molar-refractivity contribution < 1.29 is 4.79 Å². The van der Waals surface area contributed by atoms with Crippen LogP contribution in [0.4, 0.5) is 0 Å². The molecule has 2 saturated carbocycles. The van der Waals surface area contributed by atoms with Crippen molar-refractivity contribution in [2.45, 2.75) is 38.5 Å². The highest BCUT2D eigenvalue weighted by atomic mass is 16.1. The van der Waals surface area contributed by atoms with Gasteiger partial charge in [0.1, 0.15) is 0 Å². The predicted molar refractivity (Wildman–Crippen MR) is 75.4 cm³/mol. The molecule has 5 unspecified atom stereocenters. The highest BCUT2D eigenvalue weighted by molar-refractivity contribution is 5.76. The van der Waals surface area contributed by atoms with Crippen molar-refractivity contribution >= 4 is 5.91 Å². The van der Waals surface area contributed by atoms with E-state index in [9.17, 15) is 4.79 Å². The SMILES string of the molecule is O=C1CCC2C(CCC3C4=CC=CC4CCC32)CN1. The Bertz CT molecular complexity index is 450. The Kier molecular flexibility index (Phi) is 2.78. The summed E-state index contributed by atoms with van der Waals surface area (Å²) in [6.07, 6.45) is 14.3. The Balaban J connectivity index is 1.59. The first-order valence-corrected chi connectivity index (χ1v) is 7.98. The minimum atomic E-state index is 0.279. The smallest absolute Gasteiger partial charge is 0.220 e. The molecule has 0 bridgehead atoms. The van der Waals surface area contributed by atoms with Crippen LogP contribution in [0.1, 0.15) is 38.5 Å². The van der Waals surface area contributed by atoms with Crippen molar-refractivity contribution in [3.8, 4) is 0 Å². The van der Waals surface area contributed by atoms with E-state index in [0.29, 0.717) is 0 Å². The second-order valence-electron chi connectivity index (χ2n) is 6.85. The maximum atomic E-state index is 11.6. The van der Waals surface area contributed by atoms with Crippen LogP contribution < -0.4 is 5.32 Å². The van der Waals surface area contributed by atoms with Crippen LogP contribution >= 0.6 is 0 Å². The molecular weight excluding hydrogens is 234 g/mol. The Morgan fingerprint density at radius 2 is 2.00 bits per heavy atom. The number of rotatable bonds is 0.